The molecule has 4 rings (SSSR count). The third kappa shape index (κ3) is 3.74. The number of ether oxygens (including phenoxy) is 2. The van der Waals surface area contributed by atoms with Crippen molar-refractivity contribution in [1.29, 1.82) is 5.26 Å². The number of aromatic amines is 1. The minimum Gasteiger partial charge on any atom is -0.486 e. The fraction of sp³-hybridized carbons (Fsp3) is 0.105. The van der Waals surface area contributed by atoms with Crippen molar-refractivity contribution < 1.29 is 18.7 Å². The number of benzene rings is 2. The number of carbonyl (C=O) groups is 1. The molecule has 2 heterocycles. The second-order valence-electron chi connectivity index (χ2n) is 5.93. The highest BCUT2D eigenvalue weighted by molar-refractivity contribution is 6.13. The molecule has 0 atom stereocenters. The third-order valence-corrected chi connectivity index (χ3v) is 4.11. The first-order valence-corrected chi connectivity index (χ1v) is 8.50. The zero-order valence-corrected chi connectivity index (χ0v) is 14.8. The van der Waals surface area contributed by atoms with Gasteiger partial charge in [0.05, 0.1) is 5.69 Å². The van der Waals surface area contributed by atoms with Gasteiger partial charge in [-0.25, -0.2) is 4.39 Å². The van der Waals surface area contributed by atoms with Gasteiger partial charge in [-0.3, -0.25) is 4.79 Å². The molecule has 9 nitrogen and oxygen atoms in total. The van der Waals surface area contributed by atoms with Gasteiger partial charge in [0.15, 0.2) is 17.3 Å². The normalized spacial score (nSPS) is 12.9. The van der Waals surface area contributed by atoms with Crippen molar-refractivity contribution in [3.63, 3.8) is 0 Å². The van der Waals surface area contributed by atoms with Gasteiger partial charge >= 0.3 is 0 Å². The first-order valence-electron chi connectivity index (χ1n) is 8.50. The summed E-state index contributed by atoms with van der Waals surface area (Å²) in [7, 11) is 0. The maximum absolute atomic E-state index is 13.2. The van der Waals surface area contributed by atoms with Crippen LogP contribution in [0.4, 0.5) is 10.1 Å². The lowest BCUT2D eigenvalue weighted by molar-refractivity contribution is 0.103. The Morgan fingerprint density at radius 2 is 1.93 bits per heavy atom. The molecular weight excluding hydrogens is 379 g/mol. The van der Waals surface area contributed by atoms with Crippen LogP contribution in [0, 0.1) is 17.1 Å². The highest BCUT2D eigenvalue weighted by Gasteiger charge is 2.21. The van der Waals surface area contributed by atoms with Crippen LogP contribution in [0.1, 0.15) is 21.7 Å². The van der Waals surface area contributed by atoms with Gasteiger partial charge in [-0.2, -0.15) is 10.5 Å². The van der Waals surface area contributed by atoms with Crippen molar-refractivity contribution in [2.75, 3.05) is 18.5 Å². The summed E-state index contributed by atoms with van der Waals surface area (Å²) < 4.78 is 24.4. The summed E-state index contributed by atoms with van der Waals surface area (Å²) in [6.07, 6.45) is 1.36. The lowest BCUT2D eigenvalue weighted by Gasteiger charge is -2.21. The van der Waals surface area contributed by atoms with E-state index >= 15 is 0 Å². The highest BCUT2D eigenvalue weighted by atomic mass is 19.1. The van der Waals surface area contributed by atoms with E-state index in [2.05, 4.69) is 25.9 Å². The van der Waals surface area contributed by atoms with Crippen molar-refractivity contribution in [3.05, 3.63) is 65.4 Å². The van der Waals surface area contributed by atoms with Gasteiger partial charge in [0.25, 0.3) is 0 Å². The molecule has 10 heteroatoms. The number of aromatic nitrogens is 4. The number of allylic oxidation sites excluding steroid dienone is 1. The molecule has 0 amide bonds. The Balaban J connectivity index is 1.74. The smallest absolute Gasteiger partial charge is 0.216 e. The molecule has 0 radical (unpaired) electrons. The molecule has 0 bridgehead atoms. The van der Waals surface area contributed by atoms with E-state index < -0.39 is 5.82 Å². The number of rotatable bonds is 5. The van der Waals surface area contributed by atoms with Crippen LogP contribution in [-0.4, -0.2) is 39.6 Å². The average molecular weight is 392 g/mol. The quantitative estimate of drug-likeness (QED) is 0.500. The van der Waals surface area contributed by atoms with Gasteiger partial charge in [-0.1, -0.05) is 0 Å². The van der Waals surface area contributed by atoms with Crippen LogP contribution in [0.15, 0.2) is 42.6 Å². The highest BCUT2D eigenvalue weighted by Crippen LogP contribution is 2.36. The number of hydrogen-bond donors (Lipinski definition) is 2. The first-order chi connectivity index (χ1) is 14.2. The molecule has 0 saturated carbocycles. The molecule has 2 N–H and O–H groups in total. The van der Waals surface area contributed by atoms with Crippen LogP contribution < -0.4 is 14.8 Å². The van der Waals surface area contributed by atoms with Crippen LogP contribution in [0.3, 0.4) is 0 Å². The summed E-state index contributed by atoms with van der Waals surface area (Å²) in [5, 5.41) is 25.5. The van der Waals surface area contributed by atoms with Crippen LogP contribution in [-0.2, 0) is 0 Å². The summed E-state index contributed by atoms with van der Waals surface area (Å²) >= 11 is 0. The summed E-state index contributed by atoms with van der Waals surface area (Å²) in [6, 6.07) is 10.3. The topological polar surface area (TPSA) is 126 Å². The van der Waals surface area contributed by atoms with E-state index in [4.69, 9.17) is 9.47 Å². The number of H-pyrrole nitrogens is 1. The number of nitriles is 1. The fourth-order valence-electron chi connectivity index (χ4n) is 2.73. The maximum Gasteiger partial charge on any atom is 0.216 e. The zero-order chi connectivity index (χ0) is 20.2. The van der Waals surface area contributed by atoms with Gasteiger partial charge in [0, 0.05) is 23.4 Å². The van der Waals surface area contributed by atoms with E-state index in [1.54, 1.807) is 12.1 Å². The van der Waals surface area contributed by atoms with Crippen molar-refractivity contribution in [3.8, 4) is 17.6 Å². The molecule has 1 aliphatic heterocycles. The summed E-state index contributed by atoms with van der Waals surface area (Å²) in [5.74, 6) is 0.194. The molecule has 0 spiro atoms. The third-order valence-electron chi connectivity index (χ3n) is 4.11. The van der Waals surface area contributed by atoms with Gasteiger partial charge in [-0.15, -0.1) is 10.2 Å². The number of tetrazole rings is 1. The van der Waals surface area contributed by atoms with Crippen LogP contribution in [0.25, 0.3) is 5.57 Å². The SMILES string of the molecule is N#CC(=CNc1cc2c(cc1C(=O)c1ccc(F)cc1)OCCO2)c1nn[nH]n1. The Morgan fingerprint density at radius 1 is 1.21 bits per heavy atom. The van der Waals surface area contributed by atoms with Gasteiger partial charge in [0.1, 0.15) is 30.7 Å². The molecule has 0 aliphatic carbocycles. The van der Waals surface area contributed by atoms with Crippen molar-refractivity contribution in [2.45, 2.75) is 0 Å². The molecule has 3 aromatic rings. The molecule has 1 aromatic heterocycles. The minimum atomic E-state index is -0.441. The van der Waals surface area contributed by atoms with Crippen molar-refractivity contribution in [1.82, 2.24) is 20.6 Å². The van der Waals surface area contributed by atoms with Crippen LogP contribution >= 0.6 is 0 Å². The van der Waals surface area contributed by atoms with Gasteiger partial charge in [0.2, 0.25) is 5.82 Å². The van der Waals surface area contributed by atoms with E-state index in [-0.39, 0.29) is 22.7 Å². The minimum absolute atomic E-state index is 0.101. The predicted octanol–water partition coefficient (Wildman–Crippen LogP) is 2.32. The molecule has 29 heavy (non-hydrogen) atoms. The summed E-state index contributed by atoms with van der Waals surface area (Å²) in [4.78, 5) is 13.0. The van der Waals surface area contributed by atoms with Crippen LogP contribution in [0.2, 0.25) is 0 Å². The lowest BCUT2D eigenvalue weighted by Crippen LogP contribution is -2.17. The molecule has 1 aliphatic rings. The lowest BCUT2D eigenvalue weighted by atomic mass is 10.0. The number of carbonyl (C=O) groups excluding carboxylic acids is 1. The van der Waals surface area contributed by atoms with Gasteiger partial charge < -0.3 is 14.8 Å². The van der Waals surface area contributed by atoms with E-state index in [9.17, 15) is 14.4 Å². The Morgan fingerprint density at radius 3 is 2.59 bits per heavy atom. The molecule has 2 aromatic carbocycles. The van der Waals surface area contributed by atoms with E-state index in [0.717, 1.165) is 0 Å². The average Bonchev–Trinajstić information content (AvgIpc) is 3.28. The number of halogens is 1. The number of anilines is 1. The monoisotopic (exact) mass is 392 g/mol. The van der Waals surface area contributed by atoms with Crippen molar-refractivity contribution in [2.24, 2.45) is 0 Å². The number of nitrogens with zero attached hydrogens (tertiary/aromatic N) is 4. The molecule has 0 saturated heterocycles. The molecule has 0 fully saturated rings. The number of fused-ring (bicyclic) bond motifs is 1. The Kier molecular flexibility index (Phi) is 4.86. The van der Waals surface area contributed by atoms with Crippen LogP contribution in [0.5, 0.6) is 11.5 Å². The van der Waals surface area contributed by atoms with Crippen molar-refractivity contribution >= 4 is 17.0 Å². The summed E-state index contributed by atoms with van der Waals surface area (Å²) in [6.45, 7) is 0.736. The number of nitrogens with one attached hydrogen (secondary N) is 2. The fourth-order valence-corrected chi connectivity index (χ4v) is 2.73. The van der Waals surface area contributed by atoms with Gasteiger partial charge in [-0.05, 0) is 35.5 Å². The number of hydrogen-bond acceptors (Lipinski definition) is 8. The predicted molar refractivity (Wildman–Crippen MR) is 98.7 cm³/mol. The van der Waals surface area contributed by atoms with E-state index in [1.165, 1.54) is 30.5 Å². The molecule has 144 valence electrons. The number of ketones is 1. The second kappa shape index (κ2) is 7.77. The first kappa shape index (κ1) is 18.1. The standard InChI is InChI=1S/C19H13FN6O3/c20-13-3-1-11(2-4-13)18(27)14-7-16-17(29-6-5-28-16)8-15(14)22-10-12(9-21)19-23-25-26-24-19/h1-4,7-8,10,22H,5-6H2,(H,23,24,25,26). The molecule has 0 unspecified atom stereocenters. The summed E-state index contributed by atoms with van der Waals surface area (Å²) in [5.41, 5.74) is 1.05. The van der Waals surface area contributed by atoms with E-state index in [0.29, 0.717) is 36.0 Å². The largest absolute Gasteiger partial charge is 0.486 e. The Hall–Kier alpha value is -4.26. The Bertz CT molecular complexity index is 1120. The Labute approximate surface area is 163 Å². The zero-order valence-electron chi connectivity index (χ0n) is 14.8. The van der Waals surface area contributed by atoms with E-state index in [1.807, 2.05) is 6.07 Å². The molecular formula is C19H13FN6O3. The second-order valence-corrected chi connectivity index (χ2v) is 5.93. The maximum atomic E-state index is 13.2.